The molecule has 0 aliphatic heterocycles. The predicted octanol–water partition coefficient (Wildman–Crippen LogP) is 2.74. The predicted molar refractivity (Wildman–Crippen MR) is 132 cm³/mol. The number of benzene rings is 2. The molecule has 0 saturated heterocycles. The van der Waals surface area contributed by atoms with Crippen molar-refractivity contribution >= 4 is 33.7 Å². The van der Waals surface area contributed by atoms with E-state index >= 15 is 0 Å². The fraction of sp³-hybridized carbons (Fsp3) is 0.292. The zero-order valence-corrected chi connectivity index (χ0v) is 24.7. The molecule has 0 aliphatic carbocycles. The molecule has 2 aromatic carbocycles. The Hall–Kier alpha value is -2.32. The standard InChI is InChI=1S/C24H24F3N3O5S2.Na/c1-4-22(31)29-37(33,34)20-11-8-17(12-16(20)14-35-23(32)5-2)30-19(13-21(28-30)24(25,26)27)15-6-9-18(36-3)10-7-15;/h6-13H,4-5,14H2,1-3H3,(H,29,31);/q;+1/p-1. The molecule has 0 bridgehead atoms. The average molecular weight is 578 g/mol. The van der Waals surface area contributed by atoms with Gasteiger partial charge in [0.15, 0.2) is 5.69 Å². The molecule has 3 aromatic rings. The van der Waals surface area contributed by atoms with Gasteiger partial charge in [-0.05, 0) is 49.1 Å². The Morgan fingerprint density at radius 2 is 1.71 bits per heavy atom. The molecule has 0 atom stereocenters. The van der Waals surface area contributed by atoms with Crippen LogP contribution < -0.4 is 29.6 Å². The number of amides is 1. The van der Waals surface area contributed by atoms with Crippen LogP contribution >= 0.6 is 11.8 Å². The number of aromatic nitrogens is 2. The summed E-state index contributed by atoms with van der Waals surface area (Å²) in [6, 6.07) is 11.3. The van der Waals surface area contributed by atoms with Gasteiger partial charge in [0.25, 0.3) is 0 Å². The maximum absolute atomic E-state index is 13.6. The third kappa shape index (κ3) is 7.63. The monoisotopic (exact) mass is 577 g/mol. The minimum atomic E-state index is -4.73. The number of sulfonamides is 1. The number of carbonyl (C=O) groups excluding carboxylic acids is 2. The molecule has 3 rings (SSSR count). The zero-order valence-electron chi connectivity index (χ0n) is 21.1. The summed E-state index contributed by atoms with van der Waals surface area (Å²) >= 11 is 1.47. The van der Waals surface area contributed by atoms with Crippen molar-refractivity contribution in [3.63, 3.8) is 0 Å². The summed E-state index contributed by atoms with van der Waals surface area (Å²) in [5, 5.41) is 3.73. The summed E-state index contributed by atoms with van der Waals surface area (Å²) in [7, 11) is -4.47. The molecule has 0 N–H and O–H groups in total. The van der Waals surface area contributed by atoms with Gasteiger partial charge in [-0.15, -0.1) is 11.8 Å². The van der Waals surface area contributed by atoms with Crippen molar-refractivity contribution in [1.29, 1.82) is 0 Å². The van der Waals surface area contributed by atoms with Gasteiger partial charge in [-0.2, -0.15) is 18.3 Å². The molecule has 0 saturated carbocycles. The third-order valence-corrected chi connectivity index (χ3v) is 7.30. The Labute approximate surface area is 244 Å². The number of nitrogens with zero attached hydrogens (tertiary/aromatic N) is 3. The van der Waals surface area contributed by atoms with Crippen LogP contribution in [0.3, 0.4) is 0 Å². The first-order chi connectivity index (χ1) is 17.4. The van der Waals surface area contributed by atoms with Crippen molar-refractivity contribution in [3.8, 4) is 16.9 Å². The number of hydrogen-bond acceptors (Lipinski definition) is 7. The maximum atomic E-state index is 13.6. The summed E-state index contributed by atoms with van der Waals surface area (Å²) in [4.78, 5) is 23.9. The van der Waals surface area contributed by atoms with Crippen molar-refractivity contribution in [2.45, 2.75) is 49.3 Å². The van der Waals surface area contributed by atoms with Crippen LogP contribution in [0, 0.1) is 0 Å². The molecular formula is C24H23F3N3NaO5S2. The van der Waals surface area contributed by atoms with E-state index in [9.17, 15) is 31.2 Å². The summed E-state index contributed by atoms with van der Waals surface area (Å²) in [6.45, 7) is 2.48. The van der Waals surface area contributed by atoms with Crippen LogP contribution in [0.4, 0.5) is 13.2 Å². The molecular weight excluding hydrogens is 554 g/mol. The van der Waals surface area contributed by atoms with E-state index in [1.807, 2.05) is 6.26 Å². The SMILES string of the molecule is CCC(=O)[N-]S(=O)(=O)c1ccc(-n2nc(C(F)(F)F)cc2-c2ccc(SC)cc2)cc1COC(=O)CC.[Na+]. The molecule has 1 heterocycles. The molecule has 0 fully saturated rings. The maximum Gasteiger partial charge on any atom is 1.00 e. The molecule has 14 heteroatoms. The van der Waals surface area contributed by atoms with Gasteiger partial charge in [-0.3, -0.25) is 4.79 Å². The molecule has 8 nitrogen and oxygen atoms in total. The van der Waals surface area contributed by atoms with Crippen LogP contribution in [0.2, 0.25) is 0 Å². The number of carbonyl (C=O) groups is 2. The van der Waals surface area contributed by atoms with E-state index in [-0.39, 0.29) is 59.3 Å². The van der Waals surface area contributed by atoms with Gasteiger partial charge in [-0.25, -0.2) is 13.1 Å². The van der Waals surface area contributed by atoms with Gasteiger partial charge in [0.05, 0.1) is 22.2 Å². The van der Waals surface area contributed by atoms with Crippen molar-refractivity contribution in [3.05, 3.63) is 64.5 Å². The Balaban J connectivity index is 0.00000507. The van der Waals surface area contributed by atoms with Gasteiger partial charge in [0.1, 0.15) is 16.6 Å². The summed E-state index contributed by atoms with van der Waals surface area (Å²) in [5.41, 5.74) is -0.573. The summed E-state index contributed by atoms with van der Waals surface area (Å²) < 4.78 is 75.6. The number of esters is 1. The Morgan fingerprint density at radius 3 is 2.26 bits per heavy atom. The Kier molecular flexibility index (Phi) is 11.0. The van der Waals surface area contributed by atoms with Crippen molar-refractivity contribution in [2.24, 2.45) is 0 Å². The molecule has 1 aromatic heterocycles. The summed E-state index contributed by atoms with van der Waals surface area (Å²) in [5.74, 6) is -1.50. The smallest absolute Gasteiger partial charge is 0.542 e. The van der Waals surface area contributed by atoms with Gasteiger partial charge in [-0.1, -0.05) is 26.0 Å². The van der Waals surface area contributed by atoms with Crippen molar-refractivity contribution in [2.75, 3.05) is 6.26 Å². The van der Waals surface area contributed by atoms with Gasteiger partial charge in [0.2, 0.25) is 0 Å². The van der Waals surface area contributed by atoms with E-state index in [1.54, 1.807) is 31.2 Å². The second-order valence-corrected chi connectivity index (χ2v) is 10.1. The molecule has 38 heavy (non-hydrogen) atoms. The Morgan fingerprint density at radius 1 is 1.05 bits per heavy atom. The molecule has 0 aliphatic rings. The number of ether oxygens (including phenoxy) is 1. The fourth-order valence-electron chi connectivity index (χ4n) is 3.25. The molecule has 0 radical (unpaired) electrons. The Bertz CT molecular complexity index is 1410. The number of hydrogen-bond donors (Lipinski definition) is 0. The fourth-order valence-corrected chi connectivity index (χ4v) is 4.85. The van der Waals surface area contributed by atoms with Crippen LogP contribution in [0.15, 0.2) is 58.3 Å². The van der Waals surface area contributed by atoms with E-state index in [1.165, 1.54) is 30.8 Å². The minimum absolute atomic E-state index is 0. The topological polar surface area (TPSA) is 109 Å². The van der Waals surface area contributed by atoms with E-state index in [0.29, 0.717) is 5.56 Å². The minimum Gasteiger partial charge on any atom is -0.542 e. The first-order valence-corrected chi connectivity index (χ1v) is 13.7. The number of thioether (sulfide) groups is 1. The second-order valence-electron chi connectivity index (χ2n) is 7.67. The van der Waals surface area contributed by atoms with Crippen LogP contribution in [0.1, 0.15) is 37.9 Å². The van der Waals surface area contributed by atoms with Crippen LogP contribution in [-0.4, -0.2) is 36.3 Å². The average Bonchev–Trinajstić information content (AvgIpc) is 3.33. The number of rotatable bonds is 9. The van der Waals surface area contributed by atoms with E-state index in [4.69, 9.17) is 4.74 Å². The van der Waals surface area contributed by atoms with Crippen LogP contribution in [0.25, 0.3) is 21.7 Å². The molecule has 0 unspecified atom stereocenters. The van der Waals surface area contributed by atoms with Crippen molar-refractivity contribution < 1.29 is 65.5 Å². The van der Waals surface area contributed by atoms with Crippen molar-refractivity contribution in [1.82, 2.24) is 9.78 Å². The van der Waals surface area contributed by atoms with E-state index in [2.05, 4.69) is 9.82 Å². The largest absolute Gasteiger partial charge is 1.00 e. The van der Waals surface area contributed by atoms with E-state index in [0.717, 1.165) is 21.7 Å². The third-order valence-electron chi connectivity index (χ3n) is 5.15. The first-order valence-electron chi connectivity index (χ1n) is 11.0. The number of halogens is 3. The first kappa shape index (κ1) is 31.9. The van der Waals surface area contributed by atoms with Gasteiger partial charge >= 0.3 is 41.7 Å². The van der Waals surface area contributed by atoms with E-state index < -0.39 is 45.3 Å². The normalized spacial score (nSPS) is 11.5. The summed E-state index contributed by atoms with van der Waals surface area (Å²) in [6.07, 6.45) is -3.00. The van der Waals surface area contributed by atoms with Crippen LogP contribution in [-0.2, 0) is 37.1 Å². The molecule has 198 valence electrons. The van der Waals surface area contributed by atoms with Crippen LogP contribution in [0.5, 0.6) is 0 Å². The second kappa shape index (κ2) is 13.2. The zero-order chi connectivity index (χ0) is 27.4. The quantitative estimate of drug-likeness (QED) is 0.219. The van der Waals surface area contributed by atoms with Gasteiger partial charge in [0, 0.05) is 22.4 Å². The number of alkyl halides is 3. The van der Waals surface area contributed by atoms with Gasteiger partial charge < -0.3 is 14.3 Å². The molecule has 0 spiro atoms. The molecule has 1 amide bonds.